The van der Waals surface area contributed by atoms with Crippen molar-refractivity contribution < 1.29 is 14.3 Å². The summed E-state index contributed by atoms with van der Waals surface area (Å²) in [5.41, 5.74) is 1.13. The number of H-pyrrole nitrogens is 1. The van der Waals surface area contributed by atoms with Gasteiger partial charge in [-0.25, -0.2) is 0 Å². The molecule has 0 aliphatic heterocycles. The van der Waals surface area contributed by atoms with Gasteiger partial charge in [-0.15, -0.1) is 0 Å². The van der Waals surface area contributed by atoms with Crippen molar-refractivity contribution in [3.8, 4) is 11.5 Å². The molecule has 2 rings (SSSR count). The van der Waals surface area contributed by atoms with Crippen LogP contribution in [0, 0.1) is 6.92 Å². The summed E-state index contributed by atoms with van der Waals surface area (Å²) >= 11 is 0. The van der Waals surface area contributed by atoms with E-state index in [2.05, 4.69) is 10.3 Å². The highest BCUT2D eigenvalue weighted by atomic mass is 16.5. The predicted octanol–water partition coefficient (Wildman–Crippen LogP) is 2.19. The van der Waals surface area contributed by atoms with Crippen molar-refractivity contribution in [3.05, 3.63) is 57.5 Å². The number of hydrogen-bond donors (Lipinski definition) is 2. The topological polar surface area (TPSA) is 80.4 Å². The maximum atomic E-state index is 12.3. The monoisotopic (exact) mass is 316 g/mol. The first-order chi connectivity index (χ1) is 11.0. The van der Waals surface area contributed by atoms with Gasteiger partial charge in [0.2, 0.25) is 0 Å². The van der Waals surface area contributed by atoms with Crippen LogP contribution in [0.4, 0.5) is 0 Å². The molecule has 0 saturated carbocycles. The Morgan fingerprint density at radius 2 is 1.91 bits per heavy atom. The second-order valence-corrected chi connectivity index (χ2v) is 5.19. The zero-order valence-electron chi connectivity index (χ0n) is 13.6. The summed E-state index contributed by atoms with van der Waals surface area (Å²) in [4.78, 5) is 26.8. The van der Waals surface area contributed by atoms with Gasteiger partial charge in [0.1, 0.15) is 17.1 Å². The lowest BCUT2D eigenvalue weighted by molar-refractivity contribution is 0.0938. The second-order valence-electron chi connectivity index (χ2n) is 5.19. The van der Waals surface area contributed by atoms with E-state index in [-0.39, 0.29) is 11.6 Å². The Bertz CT molecular complexity index is 767. The van der Waals surface area contributed by atoms with E-state index in [0.29, 0.717) is 17.2 Å². The second kappa shape index (κ2) is 7.00. The molecule has 23 heavy (non-hydrogen) atoms. The molecule has 0 fully saturated rings. The molecule has 6 heteroatoms. The van der Waals surface area contributed by atoms with Crippen molar-refractivity contribution in [1.29, 1.82) is 0 Å². The van der Waals surface area contributed by atoms with Crippen molar-refractivity contribution in [3.63, 3.8) is 0 Å². The van der Waals surface area contributed by atoms with Gasteiger partial charge in [0.05, 0.1) is 20.3 Å². The summed E-state index contributed by atoms with van der Waals surface area (Å²) in [5, 5.41) is 2.80. The molecule has 0 radical (unpaired) electrons. The van der Waals surface area contributed by atoms with Crippen LogP contribution in [0.15, 0.2) is 35.1 Å². The zero-order chi connectivity index (χ0) is 17.0. The summed E-state index contributed by atoms with van der Waals surface area (Å²) in [6.07, 6.45) is 0. The lowest BCUT2D eigenvalue weighted by atomic mass is 10.1. The smallest absolute Gasteiger partial charge is 0.260 e. The molecule has 6 nitrogen and oxygen atoms in total. The number of aryl methyl sites for hydroxylation is 1. The third-order valence-corrected chi connectivity index (χ3v) is 3.55. The van der Waals surface area contributed by atoms with Gasteiger partial charge < -0.3 is 19.8 Å². The van der Waals surface area contributed by atoms with Crippen molar-refractivity contribution in [2.24, 2.45) is 0 Å². The number of methoxy groups -OCH3 is 2. The molecule has 1 amide bonds. The van der Waals surface area contributed by atoms with Gasteiger partial charge in [-0.1, -0.05) is 0 Å². The first-order valence-electron chi connectivity index (χ1n) is 7.19. The van der Waals surface area contributed by atoms with E-state index >= 15 is 0 Å². The SMILES string of the molecule is COc1ccc(OC)c(C(C)NC(=O)c2ccc(C)[nH]c2=O)c1. The predicted molar refractivity (Wildman–Crippen MR) is 87.2 cm³/mol. The highest BCUT2D eigenvalue weighted by Gasteiger charge is 2.18. The minimum absolute atomic E-state index is 0.0734. The highest BCUT2D eigenvalue weighted by Crippen LogP contribution is 2.29. The normalized spacial score (nSPS) is 11.7. The van der Waals surface area contributed by atoms with E-state index < -0.39 is 11.5 Å². The number of carbonyl (C=O) groups excluding carboxylic acids is 1. The van der Waals surface area contributed by atoms with Crippen molar-refractivity contribution >= 4 is 5.91 Å². The summed E-state index contributed by atoms with van der Waals surface area (Å²) in [7, 11) is 3.13. The van der Waals surface area contributed by atoms with E-state index in [4.69, 9.17) is 9.47 Å². The van der Waals surface area contributed by atoms with E-state index in [9.17, 15) is 9.59 Å². The van der Waals surface area contributed by atoms with Crippen LogP contribution in [-0.2, 0) is 0 Å². The van der Waals surface area contributed by atoms with Crippen molar-refractivity contribution in [2.75, 3.05) is 14.2 Å². The molecule has 0 aliphatic rings. The van der Waals surface area contributed by atoms with Crippen LogP contribution in [0.5, 0.6) is 11.5 Å². The Morgan fingerprint density at radius 1 is 1.17 bits per heavy atom. The van der Waals surface area contributed by atoms with Gasteiger partial charge in [0.15, 0.2) is 0 Å². The average Bonchev–Trinajstić information content (AvgIpc) is 2.53. The third-order valence-electron chi connectivity index (χ3n) is 3.55. The van der Waals surface area contributed by atoms with Crippen LogP contribution in [0.3, 0.4) is 0 Å². The molecular formula is C17H20N2O4. The Balaban J connectivity index is 2.26. The third kappa shape index (κ3) is 3.71. The molecule has 122 valence electrons. The Morgan fingerprint density at radius 3 is 2.52 bits per heavy atom. The molecular weight excluding hydrogens is 296 g/mol. The fraction of sp³-hybridized carbons (Fsp3) is 0.294. The van der Waals surface area contributed by atoms with Gasteiger partial charge in [-0.05, 0) is 44.2 Å². The number of carbonyl (C=O) groups is 1. The number of pyridine rings is 1. The molecule has 0 bridgehead atoms. The van der Waals surface area contributed by atoms with Gasteiger partial charge in [0.25, 0.3) is 11.5 Å². The summed E-state index contributed by atoms with van der Waals surface area (Å²) < 4.78 is 10.5. The molecule has 0 saturated heterocycles. The Hall–Kier alpha value is -2.76. The van der Waals surface area contributed by atoms with Gasteiger partial charge in [0, 0.05) is 11.3 Å². The minimum Gasteiger partial charge on any atom is -0.497 e. The van der Waals surface area contributed by atoms with Gasteiger partial charge in [-0.3, -0.25) is 9.59 Å². The molecule has 2 aromatic rings. The molecule has 1 aromatic heterocycles. The standard InChI is InChI=1S/C17H20N2O4/c1-10-5-7-13(16(20)18-10)17(21)19-11(2)14-9-12(22-3)6-8-15(14)23-4/h5-9,11H,1-4H3,(H,18,20)(H,19,21). The first-order valence-corrected chi connectivity index (χ1v) is 7.19. The largest absolute Gasteiger partial charge is 0.497 e. The van der Waals surface area contributed by atoms with Crippen LogP contribution >= 0.6 is 0 Å². The molecule has 1 aromatic carbocycles. The Kier molecular flexibility index (Phi) is 5.05. The van der Waals surface area contributed by atoms with Crippen molar-refractivity contribution in [1.82, 2.24) is 10.3 Å². The van der Waals surface area contributed by atoms with E-state index in [0.717, 1.165) is 5.56 Å². The number of ether oxygens (including phenoxy) is 2. The molecule has 1 heterocycles. The maximum Gasteiger partial charge on any atom is 0.260 e. The number of aromatic amines is 1. The summed E-state index contributed by atoms with van der Waals surface area (Å²) in [6.45, 7) is 3.57. The average molecular weight is 316 g/mol. The number of hydrogen-bond acceptors (Lipinski definition) is 4. The summed E-state index contributed by atoms with van der Waals surface area (Å²) in [5.74, 6) is 0.857. The van der Waals surface area contributed by atoms with E-state index in [1.165, 1.54) is 6.07 Å². The minimum atomic E-state index is -0.441. The first kappa shape index (κ1) is 16.6. The maximum absolute atomic E-state index is 12.3. The molecule has 0 aliphatic carbocycles. The fourth-order valence-electron chi connectivity index (χ4n) is 2.28. The van der Waals surface area contributed by atoms with Gasteiger partial charge in [-0.2, -0.15) is 0 Å². The number of amides is 1. The van der Waals surface area contributed by atoms with Gasteiger partial charge >= 0.3 is 0 Å². The lowest BCUT2D eigenvalue weighted by Gasteiger charge is -2.18. The summed E-state index contributed by atoms with van der Waals surface area (Å²) in [6, 6.07) is 8.19. The lowest BCUT2D eigenvalue weighted by Crippen LogP contribution is -2.31. The molecule has 1 atom stereocenters. The van der Waals surface area contributed by atoms with E-state index in [1.807, 2.05) is 6.92 Å². The zero-order valence-corrected chi connectivity index (χ0v) is 13.6. The fourth-order valence-corrected chi connectivity index (χ4v) is 2.28. The quantitative estimate of drug-likeness (QED) is 0.886. The molecule has 1 unspecified atom stereocenters. The van der Waals surface area contributed by atoms with E-state index in [1.54, 1.807) is 45.4 Å². The van der Waals surface area contributed by atoms with Crippen LogP contribution in [0.25, 0.3) is 0 Å². The van der Waals surface area contributed by atoms with Crippen LogP contribution in [0.2, 0.25) is 0 Å². The van der Waals surface area contributed by atoms with Crippen molar-refractivity contribution in [2.45, 2.75) is 19.9 Å². The Labute approximate surface area is 134 Å². The number of nitrogens with one attached hydrogen (secondary N) is 2. The molecule has 0 spiro atoms. The number of rotatable bonds is 5. The van der Waals surface area contributed by atoms with Crippen LogP contribution < -0.4 is 20.3 Å². The number of aromatic nitrogens is 1. The molecule has 2 N–H and O–H groups in total. The number of benzene rings is 1. The highest BCUT2D eigenvalue weighted by molar-refractivity contribution is 5.94. The van der Waals surface area contributed by atoms with Crippen LogP contribution in [-0.4, -0.2) is 25.1 Å². The van der Waals surface area contributed by atoms with Crippen LogP contribution in [0.1, 0.15) is 34.6 Å².